The molecule has 1 unspecified atom stereocenters. The topological polar surface area (TPSA) is 97.5 Å². The largest absolute Gasteiger partial charge is 0.390 e. The molecule has 0 bridgehead atoms. The maximum Gasteiger partial charge on any atom is 0.332 e. The van der Waals surface area contributed by atoms with Crippen molar-refractivity contribution >= 4 is 28.4 Å². The molecule has 0 saturated carbocycles. The Morgan fingerprint density at radius 3 is 2.70 bits per heavy atom. The number of urea groups is 1. The molecule has 0 radical (unpaired) electrons. The van der Waals surface area contributed by atoms with E-state index >= 15 is 0 Å². The Hall–Kier alpha value is -2.98. The zero-order valence-corrected chi connectivity index (χ0v) is 12.0. The van der Waals surface area contributed by atoms with Crippen molar-refractivity contribution in [1.29, 1.82) is 5.26 Å². The van der Waals surface area contributed by atoms with Crippen molar-refractivity contribution in [2.45, 2.75) is 18.6 Å². The van der Waals surface area contributed by atoms with Gasteiger partial charge in [-0.05, 0) is 6.42 Å². The van der Waals surface area contributed by atoms with E-state index in [0.29, 0.717) is 29.4 Å². The quantitative estimate of drug-likeness (QED) is 0.793. The van der Waals surface area contributed by atoms with Crippen LogP contribution in [0, 0.1) is 11.3 Å². The summed E-state index contributed by atoms with van der Waals surface area (Å²) in [6.45, 7) is 0.356. The molecule has 7 heteroatoms. The van der Waals surface area contributed by atoms with Crippen molar-refractivity contribution < 1.29 is 14.7 Å². The maximum atomic E-state index is 12.6. The maximum absolute atomic E-state index is 12.6. The minimum absolute atomic E-state index is 0.240. The van der Waals surface area contributed by atoms with Crippen LogP contribution in [0.1, 0.15) is 12.1 Å². The predicted octanol–water partition coefficient (Wildman–Crippen LogP) is 1.01. The fourth-order valence-corrected chi connectivity index (χ4v) is 3.31. The van der Waals surface area contributed by atoms with Gasteiger partial charge in [-0.15, -0.1) is 0 Å². The number of fused-ring (bicyclic) bond motifs is 2. The third kappa shape index (κ3) is 1.76. The highest BCUT2D eigenvalue weighted by atomic mass is 16.3. The molecule has 1 aromatic carbocycles. The number of amides is 3. The minimum Gasteiger partial charge on any atom is -0.390 e. The standard InChI is InChI=1S/C16H12N4O3/c17-7-11-9-3-1-2-4-10(9)12(8-18-11)20-15(22)14-13(21)5-6-19(14)16(20)23/h1-4,8,13-14,21H,5-6H2/t13?,14-/m0/s1. The summed E-state index contributed by atoms with van der Waals surface area (Å²) in [6.07, 6.45) is 0.933. The van der Waals surface area contributed by atoms with Crippen LogP contribution in [0.4, 0.5) is 10.5 Å². The summed E-state index contributed by atoms with van der Waals surface area (Å²) in [4.78, 5) is 31.7. The van der Waals surface area contributed by atoms with E-state index in [1.807, 2.05) is 6.07 Å². The fourth-order valence-electron chi connectivity index (χ4n) is 3.31. The third-order valence-electron chi connectivity index (χ3n) is 4.40. The summed E-state index contributed by atoms with van der Waals surface area (Å²) in [5.74, 6) is -0.448. The fraction of sp³-hybridized carbons (Fsp3) is 0.250. The molecule has 23 heavy (non-hydrogen) atoms. The van der Waals surface area contributed by atoms with Gasteiger partial charge in [0.25, 0.3) is 5.91 Å². The van der Waals surface area contributed by atoms with Crippen LogP contribution in [0.5, 0.6) is 0 Å². The Morgan fingerprint density at radius 2 is 2.00 bits per heavy atom. The Morgan fingerprint density at radius 1 is 1.26 bits per heavy atom. The van der Waals surface area contributed by atoms with Crippen LogP contribution in [-0.2, 0) is 4.79 Å². The molecule has 114 valence electrons. The molecule has 7 nitrogen and oxygen atoms in total. The first kappa shape index (κ1) is 13.7. The Labute approximate surface area is 131 Å². The van der Waals surface area contributed by atoms with E-state index < -0.39 is 24.1 Å². The molecule has 3 heterocycles. The highest BCUT2D eigenvalue weighted by Gasteiger charge is 2.52. The number of carbonyl (C=O) groups is 2. The average Bonchev–Trinajstić information content (AvgIpc) is 3.07. The number of rotatable bonds is 1. The Kier molecular flexibility index (Phi) is 2.83. The molecule has 2 atom stereocenters. The van der Waals surface area contributed by atoms with Gasteiger partial charge in [0.2, 0.25) is 0 Å². The van der Waals surface area contributed by atoms with Gasteiger partial charge in [-0.2, -0.15) is 5.26 Å². The van der Waals surface area contributed by atoms with Gasteiger partial charge in [0.1, 0.15) is 17.8 Å². The number of hydrogen-bond acceptors (Lipinski definition) is 5. The van der Waals surface area contributed by atoms with Crippen LogP contribution in [0.3, 0.4) is 0 Å². The lowest BCUT2D eigenvalue weighted by Crippen LogP contribution is -2.36. The highest BCUT2D eigenvalue weighted by molar-refractivity contribution is 6.24. The molecule has 2 fully saturated rings. The van der Waals surface area contributed by atoms with Crippen molar-refractivity contribution in [3.8, 4) is 6.07 Å². The second-order valence-corrected chi connectivity index (χ2v) is 5.60. The first-order chi connectivity index (χ1) is 11.1. The molecule has 0 spiro atoms. The number of aliphatic hydroxyl groups is 1. The third-order valence-corrected chi connectivity index (χ3v) is 4.40. The van der Waals surface area contributed by atoms with Crippen LogP contribution in [0.25, 0.3) is 10.8 Å². The zero-order valence-electron chi connectivity index (χ0n) is 12.0. The number of nitriles is 1. The van der Waals surface area contributed by atoms with E-state index in [1.54, 1.807) is 24.3 Å². The first-order valence-corrected chi connectivity index (χ1v) is 7.24. The molecular formula is C16H12N4O3. The molecule has 2 aromatic rings. The first-order valence-electron chi connectivity index (χ1n) is 7.24. The van der Waals surface area contributed by atoms with Crippen LogP contribution in [-0.4, -0.2) is 45.6 Å². The number of anilines is 1. The summed E-state index contributed by atoms with van der Waals surface area (Å²) in [5, 5.41) is 20.3. The van der Waals surface area contributed by atoms with Crippen LogP contribution in [0.2, 0.25) is 0 Å². The molecule has 3 amide bonds. The lowest BCUT2D eigenvalue weighted by atomic mass is 10.1. The predicted molar refractivity (Wildman–Crippen MR) is 80.5 cm³/mol. The van der Waals surface area contributed by atoms with Crippen molar-refractivity contribution in [2.24, 2.45) is 0 Å². The number of aliphatic hydroxyl groups excluding tert-OH is 1. The van der Waals surface area contributed by atoms with Gasteiger partial charge in [-0.3, -0.25) is 4.79 Å². The van der Waals surface area contributed by atoms with E-state index in [9.17, 15) is 14.7 Å². The van der Waals surface area contributed by atoms with E-state index in [0.717, 1.165) is 4.90 Å². The summed E-state index contributed by atoms with van der Waals surface area (Å²) in [7, 11) is 0. The second-order valence-electron chi connectivity index (χ2n) is 5.60. The number of nitrogens with zero attached hydrogens (tertiary/aromatic N) is 4. The van der Waals surface area contributed by atoms with Gasteiger partial charge in [-0.25, -0.2) is 14.7 Å². The van der Waals surface area contributed by atoms with Crippen LogP contribution in [0.15, 0.2) is 30.5 Å². The molecule has 1 aromatic heterocycles. The second kappa shape index (κ2) is 4.76. The lowest BCUT2D eigenvalue weighted by molar-refractivity contribution is -0.121. The lowest BCUT2D eigenvalue weighted by Gasteiger charge is -2.17. The van der Waals surface area contributed by atoms with Crippen molar-refractivity contribution in [3.05, 3.63) is 36.2 Å². The SMILES string of the molecule is N#Cc1ncc(N2C(=O)[C@@H]3C(O)CCN3C2=O)c2ccccc12. The molecule has 2 aliphatic rings. The van der Waals surface area contributed by atoms with E-state index in [-0.39, 0.29) is 5.69 Å². The van der Waals surface area contributed by atoms with E-state index in [2.05, 4.69) is 4.98 Å². The monoisotopic (exact) mass is 308 g/mol. The average molecular weight is 308 g/mol. The number of pyridine rings is 1. The molecule has 0 aliphatic carbocycles. The smallest absolute Gasteiger partial charge is 0.332 e. The van der Waals surface area contributed by atoms with E-state index in [1.165, 1.54) is 11.1 Å². The summed E-state index contributed by atoms with van der Waals surface area (Å²) in [5.41, 5.74) is 0.583. The van der Waals surface area contributed by atoms with Crippen molar-refractivity contribution in [1.82, 2.24) is 9.88 Å². The minimum atomic E-state index is -0.839. The molecular weight excluding hydrogens is 296 g/mol. The van der Waals surface area contributed by atoms with Crippen molar-refractivity contribution in [2.75, 3.05) is 11.4 Å². The van der Waals surface area contributed by atoms with Crippen molar-refractivity contribution in [3.63, 3.8) is 0 Å². The normalized spacial score (nSPS) is 23.5. The number of imide groups is 1. The van der Waals surface area contributed by atoms with Gasteiger partial charge in [0.15, 0.2) is 0 Å². The van der Waals surface area contributed by atoms with E-state index in [4.69, 9.17) is 5.26 Å². The van der Waals surface area contributed by atoms with Crippen LogP contribution >= 0.6 is 0 Å². The number of aromatic nitrogens is 1. The van der Waals surface area contributed by atoms with Gasteiger partial charge in [0, 0.05) is 17.3 Å². The Balaban J connectivity index is 1.89. The zero-order chi connectivity index (χ0) is 16.1. The Bertz CT molecular complexity index is 889. The molecule has 4 rings (SSSR count). The summed E-state index contributed by atoms with van der Waals surface area (Å²) >= 11 is 0. The van der Waals surface area contributed by atoms with Gasteiger partial charge in [-0.1, -0.05) is 24.3 Å². The summed E-state index contributed by atoms with van der Waals surface area (Å²) < 4.78 is 0. The molecule has 2 saturated heterocycles. The number of carbonyl (C=O) groups excluding carboxylic acids is 2. The van der Waals surface area contributed by atoms with Gasteiger partial charge in [0.05, 0.1) is 18.0 Å². The van der Waals surface area contributed by atoms with Gasteiger partial charge < -0.3 is 10.0 Å². The van der Waals surface area contributed by atoms with Gasteiger partial charge >= 0.3 is 6.03 Å². The highest BCUT2D eigenvalue weighted by Crippen LogP contribution is 2.35. The number of benzene rings is 1. The number of hydrogen-bond donors (Lipinski definition) is 1. The molecule has 2 aliphatic heterocycles. The van der Waals surface area contributed by atoms with Crippen LogP contribution < -0.4 is 4.90 Å². The molecule has 1 N–H and O–H groups in total. The summed E-state index contributed by atoms with van der Waals surface area (Å²) in [6, 6.07) is 7.75.